The van der Waals surface area contributed by atoms with Gasteiger partial charge in [-0.05, 0) is 39.0 Å². The van der Waals surface area contributed by atoms with Gasteiger partial charge >= 0.3 is 0 Å². The molecule has 2 aromatic carbocycles. The van der Waals surface area contributed by atoms with Gasteiger partial charge in [0.1, 0.15) is 10.6 Å². The van der Waals surface area contributed by atoms with Crippen LogP contribution in [-0.2, 0) is 4.74 Å². The van der Waals surface area contributed by atoms with Crippen LogP contribution in [0.1, 0.15) is 40.8 Å². The summed E-state index contributed by atoms with van der Waals surface area (Å²) in [5, 5.41) is 18.4. The smallest absolute Gasteiger partial charge is 0.293 e. The Morgan fingerprint density at radius 3 is 2.51 bits per heavy atom. The van der Waals surface area contributed by atoms with E-state index in [2.05, 4.69) is 10.6 Å². The number of fused-ring (bicyclic) bond motifs is 1. The number of nitrogens with zero attached hydrogens (tertiary/aromatic N) is 2. The summed E-state index contributed by atoms with van der Waals surface area (Å²) in [6.07, 6.45) is 0. The van der Waals surface area contributed by atoms with Crippen molar-refractivity contribution in [2.24, 2.45) is 0 Å². The number of morpholine rings is 1. The Bertz CT molecular complexity index is 1310. The predicted molar refractivity (Wildman–Crippen MR) is 138 cm³/mol. The molecule has 3 aromatic rings. The molecule has 35 heavy (non-hydrogen) atoms. The van der Waals surface area contributed by atoms with Crippen molar-refractivity contribution in [3.05, 3.63) is 62.0 Å². The Morgan fingerprint density at radius 2 is 1.86 bits per heavy atom. The maximum absolute atomic E-state index is 13.1. The Kier molecular flexibility index (Phi) is 6.98. The van der Waals surface area contributed by atoms with E-state index < -0.39 is 16.4 Å². The number of amides is 2. The highest BCUT2D eigenvalue weighted by Crippen LogP contribution is 2.40. The highest BCUT2D eigenvalue weighted by atomic mass is 35.5. The molecule has 0 spiro atoms. The molecular weight excluding hydrogens is 492 g/mol. The average Bonchev–Trinajstić information content (AvgIpc) is 3.16. The van der Waals surface area contributed by atoms with Gasteiger partial charge in [0.05, 0.1) is 33.5 Å². The molecule has 1 aliphatic rings. The SMILES string of the molecule is CC(C)(C)NC(=O)c1sc2c(NC(=O)c3ccc(N4CCOCC4)c([N+](=O)[O-])c3)cccc2c1Cl. The lowest BCUT2D eigenvalue weighted by molar-refractivity contribution is -0.384. The van der Waals surface area contributed by atoms with Gasteiger partial charge in [0, 0.05) is 35.6 Å². The summed E-state index contributed by atoms with van der Waals surface area (Å²) in [6.45, 7) is 7.69. The monoisotopic (exact) mass is 516 g/mol. The van der Waals surface area contributed by atoms with Crippen LogP contribution in [0.2, 0.25) is 5.02 Å². The zero-order valence-electron chi connectivity index (χ0n) is 19.5. The maximum atomic E-state index is 13.1. The first-order chi connectivity index (χ1) is 16.5. The molecule has 0 atom stereocenters. The number of rotatable bonds is 5. The van der Waals surface area contributed by atoms with Gasteiger partial charge in [-0.3, -0.25) is 19.7 Å². The number of halogens is 1. The second-order valence-corrected chi connectivity index (χ2v) is 10.5. The third-order valence-electron chi connectivity index (χ3n) is 5.38. The third kappa shape index (κ3) is 5.39. The van der Waals surface area contributed by atoms with Crippen LogP contribution in [0.15, 0.2) is 36.4 Å². The summed E-state index contributed by atoms with van der Waals surface area (Å²) < 4.78 is 5.97. The molecule has 2 N–H and O–H groups in total. The fourth-order valence-electron chi connectivity index (χ4n) is 3.81. The highest BCUT2D eigenvalue weighted by Gasteiger charge is 2.25. The number of ether oxygens (including phenoxy) is 1. The molecule has 0 saturated carbocycles. The first-order valence-electron chi connectivity index (χ1n) is 11.0. The molecule has 184 valence electrons. The Morgan fingerprint density at radius 1 is 1.14 bits per heavy atom. The molecule has 1 saturated heterocycles. The minimum Gasteiger partial charge on any atom is -0.378 e. The number of nitro groups is 1. The fraction of sp³-hybridized carbons (Fsp3) is 0.333. The van der Waals surface area contributed by atoms with E-state index in [-0.39, 0.29) is 17.2 Å². The lowest BCUT2D eigenvalue weighted by atomic mass is 10.1. The number of hydrogen-bond acceptors (Lipinski definition) is 7. The third-order valence-corrected chi connectivity index (χ3v) is 7.13. The van der Waals surface area contributed by atoms with Gasteiger partial charge in [-0.2, -0.15) is 0 Å². The van der Waals surface area contributed by atoms with Crippen LogP contribution in [0.25, 0.3) is 10.1 Å². The molecule has 4 rings (SSSR count). The normalized spacial score (nSPS) is 14.1. The minimum atomic E-state index is -0.501. The zero-order chi connectivity index (χ0) is 25.3. The summed E-state index contributed by atoms with van der Waals surface area (Å²) in [4.78, 5) is 39.3. The number of anilines is 2. The van der Waals surface area contributed by atoms with E-state index in [1.807, 2.05) is 25.7 Å². The van der Waals surface area contributed by atoms with Gasteiger partial charge in [-0.1, -0.05) is 23.7 Å². The van der Waals surface area contributed by atoms with Crippen molar-refractivity contribution in [3.63, 3.8) is 0 Å². The number of hydrogen-bond donors (Lipinski definition) is 2. The highest BCUT2D eigenvalue weighted by molar-refractivity contribution is 7.22. The molecule has 2 amide bonds. The van der Waals surface area contributed by atoms with E-state index in [0.717, 1.165) is 0 Å². The van der Waals surface area contributed by atoms with E-state index in [1.54, 1.807) is 30.3 Å². The van der Waals surface area contributed by atoms with Crippen LogP contribution in [0, 0.1) is 10.1 Å². The lowest BCUT2D eigenvalue weighted by Gasteiger charge is -2.28. The predicted octanol–water partition coefficient (Wildman–Crippen LogP) is 5.08. The quantitative estimate of drug-likeness (QED) is 0.361. The van der Waals surface area contributed by atoms with Crippen molar-refractivity contribution in [2.75, 3.05) is 36.5 Å². The van der Waals surface area contributed by atoms with E-state index in [1.165, 1.54) is 17.4 Å². The van der Waals surface area contributed by atoms with Crippen LogP contribution in [0.3, 0.4) is 0 Å². The molecular formula is C24H25ClN4O5S. The van der Waals surface area contributed by atoms with E-state index in [0.29, 0.717) is 57.7 Å². The van der Waals surface area contributed by atoms with E-state index in [9.17, 15) is 19.7 Å². The van der Waals surface area contributed by atoms with Crippen molar-refractivity contribution in [1.29, 1.82) is 0 Å². The first kappa shape index (κ1) is 24.9. The molecule has 11 heteroatoms. The maximum Gasteiger partial charge on any atom is 0.293 e. The molecule has 1 aliphatic heterocycles. The van der Waals surface area contributed by atoms with Gasteiger partial charge < -0.3 is 20.3 Å². The number of carbonyl (C=O) groups is 2. The van der Waals surface area contributed by atoms with E-state index in [4.69, 9.17) is 16.3 Å². The molecule has 0 bridgehead atoms. The van der Waals surface area contributed by atoms with Gasteiger partial charge in [0.2, 0.25) is 0 Å². The topological polar surface area (TPSA) is 114 Å². The fourth-order valence-corrected chi connectivity index (χ4v) is 5.28. The van der Waals surface area contributed by atoms with Crippen LogP contribution >= 0.6 is 22.9 Å². The summed E-state index contributed by atoms with van der Waals surface area (Å²) >= 11 is 7.68. The number of nitro benzene ring substituents is 1. The molecule has 0 unspecified atom stereocenters. The molecule has 2 heterocycles. The Hall–Kier alpha value is -3.21. The number of benzene rings is 2. The van der Waals surface area contributed by atoms with Crippen LogP contribution in [-0.4, -0.2) is 48.6 Å². The largest absolute Gasteiger partial charge is 0.378 e. The Labute approximate surface area is 211 Å². The zero-order valence-corrected chi connectivity index (χ0v) is 21.1. The molecule has 1 aromatic heterocycles. The molecule has 1 fully saturated rings. The summed E-state index contributed by atoms with van der Waals surface area (Å²) in [7, 11) is 0. The summed E-state index contributed by atoms with van der Waals surface area (Å²) in [5.74, 6) is -0.797. The van der Waals surface area contributed by atoms with Gasteiger partial charge in [0.15, 0.2) is 0 Å². The van der Waals surface area contributed by atoms with Gasteiger partial charge in [-0.25, -0.2) is 0 Å². The Balaban J connectivity index is 1.63. The number of carbonyl (C=O) groups excluding carboxylic acids is 2. The van der Waals surface area contributed by atoms with Gasteiger partial charge in [0.25, 0.3) is 17.5 Å². The molecule has 0 radical (unpaired) electrons. The van der Waals surface area contributed by atoms with Crippen molar-refractivity contribution in [3.8, 4) is 0 Å². The van der Waals surface area contributed by atoms with Gasteiger partial charge in [-0.15, -0.1) is 11.3 Å². The van der Waals surface area contributed by atoms with Crippen molar-refractivity contribution >= 4 is 61.9 Å². The number of thiophene rings is 1. The van der Waals surface area contributed by atoms with E-state index >= 15 is 0 Å². The van der Waals surface area contributed by atoms with Crippen LogP contribution in [0.4, 0.5) is 17.1 Å². The second-order valence-electron chi connectivity index (χ2n) is 9.15. The van der Waals surface area contributed by atoms with Crippen LogP contribution < -0.4 is 15.5 Å². The summed E-state index contributed by atoms with van der Waals surface area (Å²) in [5.41, 5.74) is 0.498. The average molecular weight is 517 g/mol. The number of nitrogens with one attached hydrogen (secondary N) is 2. The standard InChI is InChI=1S/C24H25ClN4O5S/c1-24(2,3)27-23(31)21-19(25)15-5-4-6-16(20(15)35-21)26-22(30)14-7-8-17(18(13-14)29(32)33)28-9-11-34-12-10-28/h4-8,13H,9-12H2,1-3H3,(H,26,30)(H,27,31). The van der Waals surface area contributed by atoms with Crippen molar-refractivity contribution in [2.45, 2.75) is 26.3 Å². The minimum absolute atomic E-state index is 0.141. The van der Waals surface area contributed by atoms with Crippen molar-refractivity contribution in [1.82, 2.24) is 5.32 Å². The lowest BCUT2D eigenvalue weighted by Crippen LogP contribution is -2.40. The second kappa shape index (κ2) is 9.80. The van der Waals surface area contributed by atoms with Crippen molar-refractivity contribution < 1.29 is 19.2 Å². The molecule has 0 aliphatic carbocycles. The molecule has 9 nitrogen and oxygen atoms in total. The summed E-state index contributed by atoms with van der Waals surface area (Å²) in [6, 6.07) is 9.65. The first-order valence-corrected chi connectivity index (χ1v) is 12.2. The van der Waals surface area contributed by atoms with Crippen LogP contribution in [0.5, 0.6) is 0 Å².